The molecule has 0 aromatic heterocycles. The third-order valence-corrected chi connectivity index (χ3v) is 2.00. The Morgan fingerprint density at radius 3 is 2.46 bits per heavy atom. The highest BCUT2D eigenvalue weighted by Gasteiger charge is 2.13. The number of rotatable bonds is 2. The van der Waals surface area contributed by atoms with E-state index in [1.807, 2.05) is 0 Å². The van der Waals surface area contributed by atoms with Crippen LogP contribution in [0.4, 0.5) is 11.4 Å². The first-order chi connectivity index (χ1) is 6.02. The molecule has 0 radical (unpaired) electrons. The Kier molecular flexibility index (Phi) is 2.95. The van der Waals surface area contributed by atoms with Crippen LogP contribution in [0.25, 0.3) is 0 Å². The molecule has 1 rings (SSSR count). The van der Waals surface area contributed by atoms with E-state index >= 15 is 0 Å². The standard InChI is InChI=1S/C7H6Cl2N2O2/c8-7(9)4-1-2-6(11(12)13)5(10)3-4/h1-3,7H,10H2. The molecule has 0 aliphatic rings. The molecule has 70 valence electrons. The summed E-state index contributed by atoms with van der Waals surface area (Å²) in [5.41, 5.74) is 5.87. The van der Waals surface area contributed by atoms with Crippen molar-refractivity contribution in [3.8, 4) is 0 Å². The third kappa shape index (κ3) is 2.23. The van der Waals surface area contributed by atoms with Gasteiger partial charge in [0.2, 0.25) is 0 Å². The number of hydrogen-bond donors (Lipinski definition) is 1. The maximum atomic E-state index is 10.4. The molecule has 0 amide bonds. The van der Waals surface area contributed by atoms with Crippen molar-refractivity contribution in [1.29, 1.82) is 0 Å². The lowest BCUT2D eigenvalue weighted by molar-refractivity contribution is -0.383. The highest BCUT2D eigenvalue weighted by atomic mass is 35.5. The minimum atomic E-state index is -0.719. The van der Waals surface area contributed by atoms with Crippen LogP contribution >= 0.6 is 23.2 Å². The third-order valence-electron chi connectivity index (χ3n) is 1.50. The van der Waals surface area contributed by atoms with Gasteiger partial charge in [0.15, 0.2) is 0 Å². The molecule has 0 unspecified atom stereocenters. The van der Waals surface area contributed by atoms with Crippen LogP contribution in [0, 0.1) is 10.1 Å². The van der Waals surface area contributed by atoms with Gasteiger partial charge in [0, 0.05) is 6.07 Å². The summed E-state index contributed by atoms with van der Waals surface area (Å²) < 4.78 is 0. The molecule has 13 heavy (non-hydrogen) atoms. The summed E-state index contributed by atoms with van der Waals surface area (Å²) in [6.45, 7) is 0. The molecule has 0 spiro atoms. The molecule has 2 N–H and O–H groups in total. The van der Waals surface area contributed by atoms with Crippen molar-refractivity contribution in [3.63, 3.8) is 0 Å². The SMILES string of the molecule is Nc1cc(C(Cl)Cl)ccc1[N+](=O)[O-]. The fraction of sp³-hybridized carbons (Fsp3) is 0.143. The van der Waals surface area contributed by atoms with Crippen LogP contribution in [0.3, 0.4) is 0 Å². The summed E-state index contributed by atoms with van der Waals surface area (Å²) in [6.07, 6.45) is 0. The van der Waals surface area contributed by atoms with E-state index in [9.17, 15) is 10.1 Å². The van der Waals surface area contributed by atoms with E-state index < -0.39 is 9.76 Å². The first kappa shape index (κ1) is 10.1. The number of benzene rings is 1. The highest BCUT2D eigenvalue weighted by Crippen LogP contribution is 2.30. The smallest absolute Gasteiger partial charge is 0.292 e. The van der Waals surface area contributed by atoms with Gasteiger partial charge in [-0.2, -0.15) is 0 Å². The van der Waals surface area contributed by atoms with E-state index in [4.69, 9.17) is 28.9 Å². The van der Waals surface area contributed by atoms with E-state index in [0.717, 1.165) is 0 Å². The zero-order valence-electron chi connectivity index (χ0n) is 6.41. The average molecular weight is 221 g/mol. The fourth-order valence-corrected chi connectivity index (χ4v) is 1.15. The van der Waals surface area contributed by atoms with Crippen LogP contribution in [0.2, 0.25) is 0 Å². The second kappa shape index (κ2) is 3.81. The lowest BCUT2D eigenvalue weighted by Crippen LogP contribution is -1.96. The second-order valence-electron chi connectivity index (χ2n) is 2.38. The molecule has 1 aromatic carbocycles. The van der Waals surface area contributed by atoms with Crippen molar-refractivity contribution in [1.82, 2.24) is 0 Å². The van der Waals surface area contributed by atoms with E-state index in [-0.39, 0.29) is 11.4 Å². The van der Waals surface area contributed by atoms with Crippen molar-refractivity contribution in [2.24, 2.45) is 0 Å². The largest absolute Gasteiger partial charge is 0.393 e. The summed E-state index contributed by atoms with van der Waals surface area (Å²) >= 11 is 11.1. The molecule has 0 atom stereocenters. The Bertz CT molecular complexity index is 341. The number of nitrogens with zero attached hydrogens (tertiary/aromatic N) is 1. The number of nitro groups is 1. The maximum Gasteiger partial charge on any atom is 0.292 e. The van der Waals surface area contributed by atoms with Gasteiger partial charge in [-0.1, -0.05) is 0 Å². The zero-order chi connectivity index (χ0) is 10.0. The lowest BCUT2D eigenvalue weighted by Gasteiger charge is -2.02. The summed E-state index contributed by atoms with van der Waals surface area (Å²) in [5, 5.41) is 10.4. The number of alkyl halides is 2. The summed E-state index contributed by atoms with van der Waals surface area (Å²) in [7, 11) is 0. The van der Waals surface area contributed by atoms with Crippen LogP contribution < -0.4 is 5.73 Å². The van der Waals surface area contributed by atoms with E-state index in [1.54, 1.807) is 0 Å². The average Bonchev–Trinajstić information content (AvgIpc) is 2.03. The topological polar surface area (TPSA) is 69.2 Å². The first-order valence-electron chi connectivity index (χ1n) is 3.34. The number of nitrogen functional groups attached to an aromatic ring is 1. The maximum absolute atomic E-state index is 10.4. The normalized spacial score (nSPS) is 10.4. The van der Waals surface area contributed by atoms with E-state index in [2.05, 4.69) is 0 Å². The summed E-state index contributed by atoms with van der Waals surface area (Å²) in [5.74, 6) is 0. The van der Waals surface area contributed by atoms with Crippen molar-refractivity contribution in [2.45, 2.75) is 4.84 Å². The Morgan fingerprint density at radius 2 is 2.08 bits per heavy atom. The van der Waals surface area contributed by atoms with Gasteiger partial charge >= 0.3 is 0 Å². The summed E-state index contributed by atoms with van der Waals surface area (Å²) in [6, 6.07) is 4.14. The number of anilines is 1. The van der Waals surface area contributed by atoms with E-state index in [0.29, 0.717) is 5.56 Å². The van der Waals surface area contributed by atoms with Gasteiger partial charge in [-0.15, -0.1) is 23.2 Å². The molecule has 6 heteroatoms. The molecule has 1 aromatic rings. The molecule has 0 fully saturated rings. The van der Waals surface area contributed by atoms with Crippen LogP contribution in [-0.4, -0.2) is 4.92 Å². The van der Waals surface area contributed by atoms with Crippen LogP contribution in [0.5, 0.6) is 0 Å². The summed E-state index contributed by atoms with van der Waals surface area (Å²) in [4.78, 5) is 9.08. The molecule has 0 bridgehead atoms. The Balaban J connectivity index is 3.13. The van der Waals surface area contributed by atoms with Crippen molar-refractivity contribution < 1.29 is 4.92 Å². The molecule has 0 saturated carbocycles. The zero-order valence-corrected chi connectivity index (χ0v) is 7.92. The predicted octanol–water partition coefficient (Wildman–Crippen LogP) is 2.65. The number of nitrogens with two attached hydrogens (primary N) is 1. The quantitative estimate of drug-likeness (QED) is 0.361. The van der Waals surface area contributed by atoms with Crippen LogP contribution in [-0.2, 0) is 0 Å². The minimum absolute atomic E-state index is 0.0637. The Morgan fingerprint density at radius 1 is 1.46 bits per heavy atom. The molecule has 0 saturated heterocycles. The van der Waals surface area contributed by atoms with Crippen molar-refractivity contribution in [3.05, 3.63) is 33.9 Å². The monoisotopic (exact) mass is 220 g/mol. The molecule has 4 nitrogen and oxygen atoms in total. The molecular formula is C7H6Cl2N2O2. The predicted molar refractivity (Wildman–Crippen MR) is 52.0 cm³/mol. The van der Waals surface area contributed by atoms with Crippen LogP contribution in [0.1, 0.15) is 10.4 Å². The highest BCUT2D eigenvalue weighted by molar-refractivity contribution is 6.44. The molecule has 0 aliphatic carbocycles. The Hall–Kier alpha value is -1.00. The Labute approximate surface area is 84.4 Å². The lowest BCUT2D eigenvalue weighted by atomic mass is 10.2. The minimum Gasteiger partial charge on any atom is -0.393 e. The number of hydrogen-bond acceptors (Lipinski definition) is 3. The van der Waals surface area contributed by atoms with Gasteiger partial charge in [0.05, 0.1) is 4.92 Å². The van der Waals surface area contributed by atoms with Gasteiger partial charge in [-0.3, -0.25) is 10.1 Å². The number of nitro benzene ring substituents is 1. The molecular weight excluding hydrogens is 215 g/mol. The van der Waals surface area contributed by atoms with Gasteiger partial charge in [0.25, 0.3) is 5.69 Å². The van der Waals surface area contributed by atoms with Crippen molar-refractivity contribution in [2.75, 3.05) is 5.73 Å². The second-order valence-corrected chi connectivity index (χ2v) is 3.47. The van der Waals surface area contributed by atoms with Crippen LogP contribution in [0.15, 0.2) is 18.2 Å². The fourth-order valence-electron chi connectivity index (χ4n) is 0.875. The number of halogens is 2. The van der Waals surface area contributed by atoms with Gasteiger partial charge in [-0.25, -0.2) is 0 Å². The van der Waals surface area contributed by atoms with Crippen molar-refractivity contribution >= 4 is 34.6 Å². The molecule has 0 aliphatic heterocycles. The van der Waals surface area contributed by atoms with Gasteiger partial charge in [0.1, 0.15) is 10.5 Å². The van der Waals surface area contributed by atoms with Gasteiger partial charge in [-0.05, 0) is 17.7 Å². The first-order valence-corrected chi connectivity index (χ1v) is 4.21. The molecule has 0 heterocycles. The van der Waals surface area contributed by atoms with E-state index in [1.165, 1.54) is 18.2 Å². The van der Waals surface area contributed by atoms with Gasteiger partial charge < -0.3 is 5.73 Å².